The van der Waals surface area contributed by atoms with E-state index in [0.29, 0.717) is 16.7 Å². The van der Waals surface area contributed by atoms with Gasteiger partial charge in [-0.25, -0.2) is 8.42 Å². The third kappa shape index (κ3) is 3.05. The molecule has 108 valence electrons. The second-order valence-electron chi connectivity index (χ2n) is 4.57. The molecule has 0 aliphatic rings. The quantitative estimate of drug-likeness (QED) is 0.881. The molecular weight excluding hydrogens is 342 g/mol. The maximum Gasteiger partial charge on any atom is 0.263 e. The molecule has 0 spiro atoms. The molecule has 0 fully saturated rings. The Morgan fingerprint density at radius 1 is 1.35 bits per heavy atom. The summed E-state index contributed by atoms with van der Waals surface area (Å²) in [6.45, 7) is 2.19. The summed E-state index contributed by atoms with van der Waals surface area (Å²) >= 11 is 3.34. The third-order valence-electron chi connectivity index (χ3n) is 2.97. The number of nitrogens with one attached hydrogen (secondary N) is 1. The summed E-state index contributed by atoms with van der Waals surface area (Å²) in [5.41, 5.74) is 7.81. The lowest BCUT2D eigenvalue weighted by molar-refractivity contribution is 0.601. The van der Waals surface area contributed by atoms with Crippen molar-refractivity contribution in [3.05, 3.63) is 46.2 Å². The zero-order valence-electron chi connectivity index (χ0n) is 11.2. The number of nitrogens with two attached hydrogens (primary N) is 1. The first-order valence-electron chi connectivity index (χ1n) is 5.98. The van der Waals surface area contributed by atoms with Gasteiger partial charge < -0.3 is 10.3 Å². The van der Waals surface area contributed by atoms with Crippen LogP contribution in [0.15, 0.2) is 39.8 Å². The minimum absolute atomic E-state index is 0.203. The van der Waals surface area contributed by atoms with E-state index in [4.69, 9.17) is 5.73 Å². The summed E-state index contributed by atoms with van der Waals surface area (Å²) in [6.07, 6.45) is 1.55. The Balaban J connectivity index is 2.37. The first-order chi connectivity index (χ1) is 9.33. The van der Waals surface area contributed by atoms with E-state index in [0.717, 1.165) is 11.3 Å². The minimum atomic E-state index is -3.62. The molecule has 0 radical (unpaired) electrons. The van der Waals surface area contributed by atoms with E-state index in [2.05, 4.69) is 20.7 Å². The van der Waals surface area contributed by atoms with Gasteiger partial charge in [0.05, 0.1) is 5.69 Å². The van der Waals surface area contributed by atoms with Gasteiger partial charge in [-0.1, -0.05) is 6.07 Å². The van der Waals surface area contributed by atoms with E-state index in [-0.39, 0.29) is 4.90 Å². The highest BCUT2D eigenvalue weighted by Gasteiger charge is 2.18. The summed E-state index contributed by atoms with van der Waals surface area (Å²) < 4.78 is 29.7. The maximum atomic E-state index is 12.4. The number of rotatable bonds is 4. The molecule has 7 heteroatoms. The fraction of sp³-hybridized carbons (Fsp3) is 0.231. The number of benzene rings is 1. The smallest absolute Gasteiger partial charge is 0.263 e. The Labute approximate surface area is 127 Å². The predicted molar refractivity (Wildman–Crippen MR) is 83.0 cm³/mol. The van der Waals surface area contributed by atoms with Crippen LogP contribution in [0.4, 0.5) is 5.69 Å². The predicted octanol–water partition coefficient (Wildman–Crippen LogP) is 2.36. The van der Waals surface area contributed by atoms with Crippen molar-refractivity contribution in [3.63, 3.8) is 0 Å². The molecular formula is C13H16BrN3O2S. The monoisotopic (exact) mass is 357 g/mol. The lowest BCUT2D eigenvalue weighted by Gasteiger charge is -2.09. The minimum Gasteiger partial charge on any atom is -0.352 e. The van der Waals surface area contributed by atoms with Crippen LogP contribution < -0.4 is 10.5 Å². The third-order valence-corrected chi connectivity index (χ3v) is 4.99. The highest BCUT2D eigenvalue weighted by Crippen LogP contribution is 2.26. The van der Waals surface area contributed by atoms with Crippen molar-refractivity contribution in [1.29, 1.82) is 0 Å². The van der Waals surface area contributed by atoms with Crippen LogP contribution in [0.5, 0.6) is 0 Å². The average molecular weight is 358 g/mol. The molecule has 0 atom stereocenters. The molecule has 0 aliphatic carbocycles. The molecule has 0 bridgehead atoms. The van der Waals surface area contributed by atoms with Gasteiger partial charge in [0.2, 0.25) is 0 Å². The molecule has 0 amide bonds. The largest absolute Gasteiger partial charge is 0.352 e. The zero-order valence-corrected chi connectivity index (χ0v) is 13.6. The second-order valence-corrected chi connectivity index (χ2v) is 7.11. The Morgan fingerprint density at radius 2 is 2.05 bits per heavy atom. The van der Waals surface area contributed by atoms with Crippen LogP contribution in [0, 0.1) is 6.92 Å². The van der Waals surface area contributed by atoms with Gasteiger partial charge in [0.25, 0.3) is 10.0 Å². The summed E-state index contributed by atoms with van der Waals surface area (Å²) in [6, 6.07) is 7.06. The van der Waals surface area contributed by atoms with Crippen LogP contribution in [0.2, 0.25) is 0 Å². The van der Waals surface area contributed by atoms with E-state index in [1.54, 1.807) is 29.9 Å². The van der Waals surface area contributed by atoms with E-state index >= 15 is 0 Å². The summed E-state index contributed by atoms with van der Waals surface area (Å²) in [5, 5.41) is 0. The normalized spacial score (nSPS) is 11.6. The highest BCUT2D eigenvalue weighted by atomic mass is 79.9. The molecule has 2 rings (SSSR count). The first-order valence-corrected chi connectivity index (χ1v) is 8.25. The fourth-order valence-corrected chi connectivity index (χ4v) is 3.49. The van der Waals surface area contributed by atoms with Gasteiger partial charge in [0.15, 0.2) is 0 Å². The van der Waals surface area contributed by atoms with Crippen LogP contribution in [0.3, 0.4) is 0 Å². The summed E-state index contributed by atoms with van der Waals surface area (Å²) in [5.74, 6) is 0. The van der Waals surface area contributed by atoms with Crippen molar-refractivity contribution in [2.24, 2.45) is 12.8 Å². The SMILES string of the molecule is Cc1ccc(Br)c(NS(=O)(=O)c2cc(CN)n(C)c2)c1. The summed E-state index contributed by atoms with van der Waals surface area (Å²) in [7, 11) is -1.85. The van der Waals surface area contributed by atoms with E-state index in [1.807, 2.05) is 19.1 Å². The van der Waals surface area contributed by atoms with E-state index < -0.39 is 10.0 Å². The zero-order chi connectivity index (χ0) is 14.9. The van der Waals surface area contributed by atoms with Gasteiger partial charge in [-0.3, -0.25) is 4.72 Å². The average Bonchev–Trinajstić information content (AvgIpc) is 2.76. The lowest BCUT2D eigenvalue weighted by Crippen LogP contribution is -2.12. The molecule has 20 heavy (non-hydrogen) atoms. The van der Waals surface area contributed by atoms with Crippen molar-refractivity contribution in [3.8, 4) is 0 Å². The highest BCUT2D eigenvalue weighted by molar-refractivity contribution is 9.10. The molecule has 0 unspecified atom stereocenters. The first kappa shape index (κ1) is 15.1. The standard InChI is InChI=1S/C13H16BrN3O2S/c1-9-3-4-12(14)13(5-9)16-20(18,19)11-6-10(7-15)17(2)8-11/h3-6,8,16H,7,15H2,1-2H3. The van der Waals surface area contributed by atoms with Crippen LogP contribution in [-0.2, 0) is 23.6 Å². The Morgan fingerprint density at radius 3 is 2.65 bits per heavy atom. The van der Waals surface area contributed by atoms with Crippen LogP contribution >= 0.6 is 15.9 Å². The molecule has 0 saturated heterocycles. The number of aromatic nitrogens is 1. The Hall–Kier alpha value is -1.31. The van der Waals surface area contributed by atoms with Crippen molar-refractivity contribution >= 4 is 31.6 Å². The van der Waals surface area contributed by atoms with Gasteiger partial charge in [0.1, 0.15) is 4.90 Å². The molecule has 1 aromatic heterocycles. The number of anilines is 1. The molecule has 0 saturated carbocycles. The van der Waals surface area contributed by atoms with Gasteiger partial charge in [-0.05, 0) is 46.6 Å². The van der Waals surface area contributed by atoms with Gasteiger partial charge in [-0.15, -0.1) is 0 Å². The van der Waals surface area contributed by atoms with Crippen LogP contribution in [-0.4, -0.2) is 13.0 Å². The van der Waals surface area contributed by atoms with Crippen molar-refractivity contribution in [1.82, 2.24) is 4.57 Å². The Bertz CT molecular complexity index is 738. The number of nitrogens with zero attached hydrogens (tertiary/aromatic N) is 1. The lowest BCUT2D eigenvalue weighted by atomic mass is 10.2. The van der Waals surface area contributed by atoms with Crippen LogP contribution in [0.1, 0.15) is 11.3 Å². The summed E-state index contributed by atoms with van der Waals surface area (Å²) in [4.78, 5) is 0.203. The second kappa shape index (κ2) is 5.59. The van der Waals surface area contributed by atoms with E-state index in [9.17, 15) is 8.42 Å². The van der Waals surface area contributed by atoms with Crippen molar-refractivity contribution in [2.45, 2.75) is 18.4 Å². The number of halogens is 1. The van der Waals surface area contributed by atoms with Crippen LogP contribution in [0.25, 0.3) is 0 Å². The molecule has 5 nitrogen and oxygen atoms in total. The number of hydrogen-bond acceptors (Lipinski definition) is 3. The number of aryl methyl sites for hydroxylation is 2. The molecule has 2 aromatic rings. The van der Waals surface area contributed by atoms with Crippen molar-refractivity contribution < 1.29 is 8.42 Å². The van der Waals surface area contributed by atoms with Gasteiger partial charge >= 0.3 is 0 Å². The molecule has 0 aliphatic heterocycles. The molecule has 1 aromatic carbocycles. The number of hydrogen-bond donors (Lipinski definition) is 2. The van der Waals surface area contributed by atoms with Gasteiger partial charge in [-0.2, -0.15) is 0 Å². The van der Waals surface area contributed by atoms with E-state index in [1.165, 1.54) is 0 Å². The van der Waals surface area contributed by atoms with Gasteiger partial charge in [0, 0.05) is 30.0 Å². The topological polar surface area (TPSA) is 77.1 Å². The molecule has 1 heterocycles. The van der Waals surface area contributed by atoms with Crippen molar-refractivity contribution in [2.75, 3.05) is 4.72 Å². The number of sulfonamides is 1. The fourth-order valence-electron chi connectivity index (χ4n) is 1.85. The molecule has 3 N–H and O–H groups in total. The Kier molecular flexibility index (Phi) is 4.22. The maximum absolute atomic E-state index is 12.4.